The topological polar surface area (TPSA) is 55.1 Å². The molecule has 3 N–H and O–H groups in total. The zero-order valence-electron chi connectivity index (χ0n) is 9.16. The molecule has 0 fully saturated rings. The number of nitrogens with one attached hydrogen (secondary N) is 1. The summed E-state index contributed by atoms with van der Waals surface area (Å²) in [6.07, 6.45) is 6.90. The molecule has 0 saturated heterocycles. The molecule has 0 heterocycles. The van der Waals surface area contributed by atoms with E-state index >= 15 is 0 Å². The van der Waals surface area contributed by atoms with Gasteiger partial charge < -0.3 is 11.1 Å². The van der Waals surface area contributed by atoms with Crippen LogP contribution in [0.2, 0.25) is 0 Å². The summed E-state index contributed by atoms with van der Waals surface area (Å²) in [6, 6.07) is 0.0535. The van der Waals surface area contributed by atoms with E-state index in [0.29, 0.717) is 12.5 Å². The highest BCUT2D eigenvalue weighted by molar-refractivity contribution is 5.88. The maximum Gasteiger partial charge on any atom is 0.244 e. The summed E-state index contributed by atoms with van der Waals surface area (Å²) < 4.78 is 0. The molecule has 0 aromatic carbocycles. The van der Waals surface area contributed by atoms with Crippen LogP contribution < -0.4 is 11.1 Å². The van der Waals surface area contributed by atoms with Crippen molar-refractivity contribution in [2.75, 3.05) is 6.54 Å². The third-order valence-electron chi connectivity index (χ3n) is 1.94. The van der Waals surface area contributed by atoms with E-state index in [4.69, 9.17) is 5.73 Å². The number of carbonyl (C=O) groups excluding carboxylic acids is 1. The molecule has 0 bridgehead atoms. The summed E-state index contributed by atoms with van der Waals surface area (Å²) in [5.41, 5.74) is 5.52. The van der Waals surface area contributed by atoms with Gasteiger partial charge in [-0.25, -0.2) is 0 Å². The average Bonchev–Trinajstić information content (AvgIpc) is 2.14. The zero-order valence-corrected chi connectivity index (χ0v) is 9.16. The zero-order chi connectivity index (χ0) is 11.0. The van der Waals surface area contributed by atoms with Gasteiger partial charge in [0.25, 0.3) is 0 Å². The van der Waals surface area contributed by atoms with Gasteiger partial charge in [0.1, 0.15) is 0 Å². The summed E-state index contributed by atoms with van der Waals surface area (Å²) in [7, 11) is 0. The van der Waals surface area contributed by atoms with Gasteiger partial charge in [-0.3, -0.25) is 4.79 Å². The van der Waals surface area contributed by atoms with Gasteiger partial charge in [0.05, 0.1) is 0 Å². The lowest BCUT2D eigenvalue weighted by Crippen LogP contribution is -2.42. The number of carbonyl (C=O) groups is 1. The molecule has 0 aliphatic heterocycles. The SMILES string of the molecule is CC=CC=CC(=O)NC(CN)C(C)C. The maximum atomic E-state index is 11.3. The molecule has 1 unspecified atom stereocenters. The Morgan fingerprint density at radius 3 is 2.50 bits per heavy atom. The number of hydrogen-bond donors (Lipinski definition) is 2. The molecule has 1 amide bonds. The highest BCUT2D eigenvalue weighted by Gasteiger charge is 2.11. The molecular formula is C11H20N2O. The van der Waals surface area contributed by atoms with Gasteiger partial charge in [0.15, 0.2) is 0 Å². The van der Waals surface area contributed by atoms with Gasteiger partial charge in [-0.1, -0.05) is 32.1 Å². The van der Waals surface area contributed by atoms with Crippen LogP contribution in [-0.4, -0.2) is 18.5 Å². The minimum Gasteiger partial charge on any atom is -0.348 e. The van der Waals surface area contributed by atoms with Crippen molar-refractivity contribution >= 4 is 5.91 Å². The summed E-state index contributed by atoms with van der Waals surface area (Å²) >= 11 is 0. The van der Waals surface area contributed by atoms with E-state index in [9.17, 15) is 4.79 Å². The molecule has 0 aliphatic rings. The Bertz CT molecular complexity index is 219. The third-order valence-corrected chi connectivity index (χ3v) is 1.94. The van der Waals surface area contributed by atoms with E-state index in [-0.39, 0.29) is 11.9 Å². The Labute approximate surface area is 86.1 Å². The molecule has 0 aliphatic carbocycles. The molecule has 0 rings (SSSR count). The molecular weight excluding hydrogens is 176 g/mol. The van der Waals surface area contributed by atoms with Crippen LogP contribution in [0.15, 0.2) is 24.3 Å². The molecule has 80 valence electrons. The second-order valence-corrected chi connectivity index (χ2v) is 3.48. The first-order valence-electron chi connectivity index (χ1n) is 4.91. The number of nitrogens with two attached hydrogens (primary N) is 1. The van der Waals surface area contributed by atoms with Crippen molar-refractivity contribution < 1.29 is 4.79 Å². The third kappa shape index (κ3) is 5.54. The van der Waals surface area contributed by atoms with Gasteiger partial charge >= 0.3 is 0 Å². The summed E-state index contributed by atoms with van der Waals surface area (Å²) in [4.78, 5) is 11.3. The van der Waals surface area contributed by atoms with E-state index in [1.165, 1.54) is 6.08 Å². The number of allylic oxidation sites excluding steroid dienone is 3. The predicted molar refractivity (Wildman–Crippen MR) is 59.8 cm³/mol. The van der Waals surface area contributed by atoms with Crippen molar-refractivity contribution in [2.45, 2.75) is 26.8 Å². The lowest BCUT2D eigenvalue weighted by molar-refractivity contribution is -0.117. The van der Waals surface area contributed by atoms with E-state index < -0.39 is 0 Å². The van der Waals surface area contributed by atoms with Crippen LogP contribution >= 0.6 is 0 Å². The standard InChI is InChI=1S/C11H20N2O/c1-4-5-6-7-11(14)13-10(8-12)9(2)3/h4-7,9-10H,8,12H2,1-3H3,(H,13,14). The lowest BCUT2D eigenvalue weighted by atomic mass is 10.0. The highest BCUT2D eigenvalue weighted by atomic mass is 16.1. The highest BCUT2D eigenvalue weighted by Crippen LogP contribution is 1.99. The van der Waals surface area contributed by atoms with Crippen molar-refractivity contribution in [3.63, 3.8) is 0 Å². The fourth-order valence-corrected chi connectivity index (χ4v) is 0.983. The summed E-state index contributed by atoms with van der Waals surface area (Å²) in [6.45, 7) is 6.45. The minimum absolute atomic E-state index is 0.0535. The normalized spacial score (nSPS) is 14.1. The quantitative estimate of drug-likeness (QED) is 0.513. The molecule has 1 atom stereocenters. The summed E-state index contributed by atoms with van der Waals surface area (Å²) in [5, 5.41) is 2.84. The second kappa shape index (κ2) is 7.33. The molecule has 3 nitrogen and oxygen atoms in total. The van der Waals surface area contributed by atoms with Gasteiger partial charge in [-0.2, -0.15) is 0 Å². The largest absolute Gasteiger partial charge is 0.348 e. The maximum absolute atomic E-state index is 11.3. The van der Waals surface area contributed by atoms with Crippen LogP contribution in [0, 0.1) is 5.92 Å². The Kier molecular flexibility index (Phi) is 6.76. The summed E-state index contributed by atoms with van der Waals surface area (Å²) in [5.74, 6) is 0.270. The van der Waals surface area contributed by atoms with Crippen molar-refractivity contribution in [3.8, 4) is 0 Å². The van der Waals surface area contributed by atoms with Crippen LogP contribution in [0.4, 0.5) is 0 Å². The Balaban J connectivity index is 4.03. The first-order chi connectivity index (χ1) is 6.61. The fourth-order valence-electron chi connectivity index (χ4n) is 0.983. The van der Waals surface area contributed by atoms with Crippen LogP contribution in [0.25, 0.3) is 0 Å². The predicted octanol–water partition coefficient (Wildman–Crippen LogP) is 1.22. The van der Waals surface area contributed by atoms with Gasteiger partial charge in [-0.15, -0.1) is 0 Å². The Hall–Kier alpha value is -1.09. The van der Waals surface area contributed by atoms with E-state index in [2.05, 4.69) is 5.32 Å². The fraction of sp³-hybridized carbons (Fsp3) is 0.545. The molecule has 0 saturated carbocycles. The Morgan fingerprint density at radius 1 is 1.43 bits per heavy atom. The molecule has 0 aromatic rings. The smallest absolute Gasteiger partial charge is 0.244 e. The van der Waals surface area contributed by atoms with Crippen LogP contribution in [0.5, 0.6) is 0 Å². The molecule has 3 heteroatoms. The van der Waals surface area contributed by atoms with Gasteiger partial charge in [-0.05, 0) is 12.8 Å². The van der Waals surface area contributed by atoms with Crippen LogP contribution in [-0.2, 0) is 4.79 Å². The van der Waals surface area contributed by atoms with E-state index in [0.717, 1.165) is 0 Å². The van der Waals surface area contributed by atoms with Crippen molar-refractivity contribution in [1.29, 1.82) is 0 Å². The van der Waals surface area contributed by atoms with Gasteiger partial charge in [0.2, 0.25) is 5.91 Å². The number of rotatable bonds is 5. The average molecular weight is 196 g/mol. The first kappa shape index (κ1) is 12.9. The molecule has 14 heavy (non-hydrogen) atoms. The van der Waals surface area contributed by atoms with Crippen molar-refractivity contribution in [2.24, 2.45) is 11.7 Å². The minimum atomic E-state index is -0.0905. The van der Waals surface area contributed by atoms with Crippen molar-refractivity contribution in [3.05, 3.63) is 24.3 Å². The van der Waals surface area contributed by atoms with E-state index in [1.54, 1.807) is 6.08 Å². The number of hydrogen-bond acceptors (Lipinski definition) is 2. The molecule has 0 radical (unpaired) electrons. The van der Waals surface area contributed by atoms with Crippen molar-refractivity contribution in [1.82, 2.24) is 5.32 Å². The van der Waals surface area contributed by atoms with E-state index in [1.807, 2.05) is 32.9 Å². The molecule has 0 aromatic heterocycles. The van der Waals surface area contributed by atoms with Gasteiger partial charge in [0, 0.05) is 18.7 Å². The van der Waals surface area contributed by atoms with Crippen LogP contribution in [0.1, 0.15) is 20.8 Å². The number of amides is 1. The first-order valence-corrected chi connectivity index (χ1v) is 4.91. The second-order valence-electron chi connectivity index (χ2n) is 3.48. The lowest BCUT2D eigenvalue weighted by Gasteiger charge is -2.19. The van der Waals surface area contributed by atoms with Crippen LogP contribution in [0.3, 0.4) is 0 Å². The monoisotopic (exact) mass is 196 g/mol. The molecule has 0 spiro atoms. The Morgan fingerprint density at radius 2 is 2.07 bits per heavy atom.